The van der Waals surface area contributed by atoms with Gasteiger partial charge in [0.2, 0.25) is 0 Å². The van der Waals surface area contributed by atoms with Crippen LogP contribution in [0, 0.1) is 0 Å². The quantitative estimate of drug-likeness (QED) is 0.0222. The molecular formula is C59H114O17P2. The first kappa shape index (κ1) is 76.1. The van der Waals surface area contributed by atoms with Crippen molar-refractivity contribution in [2.24, 2.45) is 0 Å². The number of phosphoric acid groups is 2. The highest BCUT2D eigenvalue weighted by Gasteiger charge is 2.30. The van der Waals surface area contributed by atoms with E-state index in [0.29, 0.717) is 25.7 Å². The molecule has 5 atom stereocenters. The van der Waals surface area contributed by atoms with Crippen molar-refractivity contribution >= 4 is 39.5 Å². The van der Waals surface area contributed by atoms with E-state index in [1.54, 1.807) is 0 Å². The van der Waals surface area contributed by atoms with Crippen LogP contribution in [0.5, 0.6) is 0 Å². The van der Waals surface area contributed by atoms with Gasteiger partial charge in [0.15, 0.2) is 12.2 Å². The largest absolute Gasteiger partial charge is 0.472 e. The van der Waals surface area contributed by atoms with Crippen LogP contribution >= 0.6 is 15.6 Å². The van der Waals surface area contributed by atoms with E-state index >= 15 is 0 Å². The van der Waals surface area contributed by atoms with Crippen LogP contribution in [-0.2, 0) is 65.4 Å². The zero-order chi connectivity index (χ0) is 57.6. The SMILES string of the molecule is CCCCCCCCCCCCCCCCCCC(=O)O[C@H](COC(=O)CCCCCCCCCCCC)COP(=O)(O)OC[C@@H](O)COP(=O)(O)OC[C@@H](COC(=O)CCCCCCC)OC(=O)CCCCCCCCC. The molecule has 0 radical (unpaired) electrons. The number of phosphoric ester groups is 2. The first-order valence-corrected chi connectivity index (χ1v) is 34.3. The molecule has 78 heavy (non-hydrogen) atoms. The molecule has 0 rings (SSSR count). The van der Waals surface area contributed by atoms with Gasteiger partial charge in [-0.3, -0.25) is 37.3 Å². The third kappa shape index (κ3) is 53.4. The van der Waals surface area contributed by atoms with E-state index in [4.69, 9.17) is 37.0 Å². The Morgan fingerprint density at radius 2 is 0.513 bits per heavy atom. The molecule has 0 aromatic carbocycles. The first-order valence-electron chi connectivity index (χ1n) is 31.3. The monoisotopic (exact) mass is 1160 g/mol. The summed E-state index contributed by atoms with van der Waals surface area (Å²) in [6.45, 7) is 4.72. The number of rotatable bonds is 60. The Balaban J connectivity index is 5.13. The lowest BCUT2D eigenvalue weighted by molar-refractivity contribution is -0.161. The van der Waals surface area contributed by atoms with Crippen LogP contribution in [0.4, 0.5) is 0 Å². The molecule has 0 aliphatic rings. The smallest absolute Gasteiger partial charge is 0.462 e. The van der Waals surface area contributed by atoms with Crippen LogP contribution in [0.1, 0.15) is 297 Å². The molecule has 0 fully saturated rings. The summed E-state index contributed by atoms with van der Waals surface area (Å²) in [6.07, 6.45) is 38.1. The van der Waals surface area contributed by atoms with Crippen molar-refractivity contribution in [3.8, 4) is 0 Å². The number of aliphatic hydroxyl groups excluding tert-OH is 1. The van der Waals surface area contributed by atoms with Crippen molar-refractivity contribution in [3.05, 3.63) is 0 Å². The summed E-state index contributed by atoms with van der Waals surface area (Å²) in [5.74, 6) is -2.15. The molecular weight excluding hydrogens is 1040 g/mol. The second-order valence-corrected chi connectivity index (χ2v) is 24.3. The van der Waals surface area contributed by atoms with Crippen molar-refractivity contribution < 1.29 is 80.2 Å². The van der Waals surface area contributed by atoms with E-state index in [9.17, 15) is 43.2 Å². The Kier molecular flexibility index (Phi) is 53.0. The highest BCUT2D eigenvalue weighted by atomic mass is 31.2. The Bertz CT molecular complexity index is 1520. The molecule has 462 valence electrons. The second-order valence-electron chi connectivity index (χ2n) is 21.4. The Labute approximate surface area is 473 Å². The maximum Gasteiger partial charge on any atom is 0.472 e. The highest BCUT2D eigenvalue weighted by molar-refractivity contribution is 7.47. The number of hydrogen-bond donors (Lipinski definition) is 3. The average Bonchev–Trinajstić information content (AvgIpc) is 3.41. The van der Waals surface area contributed by atoms with Gasteiger partial charge in [-0.1, -0.05) is 246 Å². The Hall–Kier alpha value is -1.94. The zero-order valence-corrected chi connectivity index (χ0v) is 51.4. The van der Waals surface area contributed by atoms with Crippen LogP contribution < -0.4 is 0 Å². The molecule has 0 saturated carbocycles. The lowest BCUT2D eigenvalue weighted by Crippen LogP contribution is -2.30. The third-order valence-electron chi connectivity index (χ3n) is 13.6. The normalized spacial score (nSPS) is 14.3. The lowest BCUT2D eigenvalue weighted by atomic mass is 10.0. The second kappa shape index (κ2) is 54.3. The zero-order valence-electron chi connectivity index (χ0n) is 49.6. The number of hydrogen-bond acceptors (Lipinski definition) is 15. The fraction of sp³-hybridized carbons (Fsp3) is 0.932. The molecule has 17 nitrogen and oxygen atoms in total. The van der Waals surface area contributed by atoms with Gasteiger partial charge in [0.25, 0.3) is 0 Å². The summed E-state index contributed by atoms with van der Waals surface area (Å²) in [7, 11) is -9.86. The van der Waals surface area contributed by atoms with Gasteiger partial charge in [0.05, 0.1) is 26.4 Å². The Morgan fingerprint density at radius 1 is 0.308 bits per heavy atom. The lowest BCUT2D eigenvalue weighted by Gasteiger charge is -2.21. The predicted molar refractivity (Wildman–Crippen MR) is 308 cm³/mol. The number of carbonyl (C=O) groups is 4. The van der Waals surface area contributed by atoms with Crippen molar-refractivity contribution in [2.75, 3.05) is 39.6 Å². The van der Waals surface area contributed by atoms with Crippen molar-refractivity contribution in [1.29, 1.82) is 0 Å². The molecule has 0 aromatic rings. The summed E-state index contributed by atoms with van der Waals surface area (Å²) in [6, 6.07) is 0. The van der Waals surface area contributed by atoms with E-state index in [1.165, 1.54) is 109 Å². The fourth-order valence-corrected chi connectivity index (χ4v) is 10.3. The molecule has 0 saturated heterocycles. The minimum absolute atomic E-state index is 0.103. The third-order valence-corrected chi connectivity index (χ3v) is 15.5. The van der Waals surface area contributed by atoms with E-state index < -0.39 is 97.5 Å². The maximum atomic E-state index is 12.9. The molecule has 0 amide bonds. The summed E-state index contributed by atoms with van der Waals surface area (Å²) in [5, 5.41) is 10.5. The van der Waals surface area contributed by atoms with Gasteiger partial charge in [0.1, 0.15) is 19.3 Å². The predicted octanol–water partition coefficient (Wildman–Crippen LogP) is 16.0. The van der Waals surface area contributed by atoms with E-state index in [0.717, 1.165) is 109 Å². The number of ether oxygens (including phenoxy) is 4. The number of unbranched alkanes of at least 4 members (excludes halogenated alkanes) is 34. The van der Waals surface area contributed by atoms with Gasteiger partial charge >= 0.3 is 39.5 Å². The van der Waals surface area contributed by atoms with Crippen molar-refractivity contribution in [3.63, 3.8) is 0 Å². The minimum Gasteiger partial charge on any atom is -0.462 e. The van der Waals surface area contributed by atoms with E-state index in [2.05, 4.69) is 27.7 Å². The molecule has 0 spiro atoms. The number of esters is 4. The standard InChI is InChI=1S/C59H114O17P2/c1-5-9-13-17-20-22-24-25-26-27-28-29-31-34-38-42-46-59(64)76-55(50-70-57(62)44-40-36-33-30-23-21-18-14-10-6-2)52-74-78(67,68)72-48-53(60)47-71-77(65,66)73-51-54(49-69-56(61)43-39-35-16-12-8-4)75-58(63)45-41-37-32-19-15-11-7-3/h53-55,60H,5-52H2,1-4H3,(H,65,66)(H,67,68)/t53-,54+,55+/m0/s1. The summed E-state index contributed by atoms with van der Waals surface area (Å²) in [4.78, 5) is 71.6. The molecule has 19 heteroatoms. The van der Waals surface area contributed by atoms with Crippen LogP contribution in [0.3, 0.4) is 0 Å². The van der Waals surface area contributed by atoms with Gasteiger partial charge < -0.3 is 33.8 Å². The molecule has 0 heterocycles. The van der Waals surface area contributed by atoms with Crippen LogP contribution in [0.25, 0.3) is 0 Å². The first-order chi connectivity index (χ1) is 37.7. The van der Waals surface area contributed by atoms with Crippen LogP contribution in [0.2, 0.25) is 0 Å². The summed E-state index contributed by atoms with van der Waals surface area (Å²) in [5.41, 5.74) is 0. The minimum atomic E-state index is -4.94. The van der Waals surface area contributed by atoms with E-state index in [1.807, 2.05) is 0 Å². The maximum absolute atomic E-state index is 12.9. The Morgan fingerprint density at radius 3 is 0.756 bits per heavy atom. The highest BCUT2D eigenvalue weighted by Crippen LogP contribution is 2.45. The van der Waals surface area contributed by atoms with Gasteiger partial charge in [-0.25, -0.2) is 9.13 Å². The molecule has 3 N–H and O–H groups in total. The van der Waals surface area contributed by atoms with Gasteiger partial charge in [-0.05, 0) is 25.7 Å². The van der Waals surface area contributed by atoms with Crippen LogP contribution in [0.15, 0.2) is 0 Å². The molecule has 0 aliphatic carbocycles. The van der Waals surface area contributed by atoms with Gasteiger partial charge in [-0.15, -0.1) is 0 Å². The number of aliphatic hydroxyl groups is 1. The summed E-state index contributed by atoms with van der Waals surface area (Å²) < 4.78 is 67.5. The van der Waals surface area contributed by atoms with Gasteiger partial charge in [0, 0.05) is 25.7 Å². The average molecular weight is 1160 g/mol. The summed E-state index contributed by atoms with van der Waals surface area (Å²) >= 11 is 0. The van der Waals surface area contributed by atoms with Crippen molar-refractivity contribution in [2.45, 2.75) is 316 Å². The topological polar surface area (TPSA) is 237 Å². The molecule has 0 aliphatic heterocycles. The van der Waals surface area contributed by atoms with Crippen molar-refractivity contribution in [1.82, 2.24) is 0 Å². The van der Waals surface area contributed by atoms with E-state index in [-0.39, 0.29) is 25.7 Å². The fourth-order valence-electron chi connectivity index (χ4n) is 8.75. The number of carbonyl (C=O) groups excluding carboxylic acids is 4. The molecule has 0 bridgehead atoms. The van der Waals surface area contributed by atoms with Crippen LogP contribution in [-0.4, -0.2) is 96.7 Å². The van der Waals surface area contributed by atoms with Gasteiger partial charge in [-0.2, -0.15) is 0 Å². The molecule has 0 aromatic heterocycles. The molecule has 2 unspecified atom stereocenters.